The van der Waals surface area contributed by atoms with E-state index < -0.39 is 0 Å². The topological polar surface area (TPSA) is 17.1 Å². The third-order valence-corrected chi connectivity index (χ3v) is 2.58. The molecule has 0 amide bonds. The first kappa shape index (κ1) is 10.2. The maximum atomic E-state index is 10.3. The number of allylic oxidation sites excluding steroid dienone is 4. The van der Waals surface area contributed by atoms with Crippen LogP contribution >= 0.6 is 0 Å². The summed E-state index contributed by atoms with van der Waals surface area (Å²) in [6, 6.07) is 0. The monoisotopic (exact) mass is 178 g/mol. The fourth-order valence-corrected chi connectivity index (χ4v) is 1.73. The molecule has 0 aliphatic heterocycles. The molecular weight excluding hydrogens is 160 g/mol. The van der Waals surface area contributed by atoms with Gasteiger partial charge in [0.25, 0.3) is 0 Å². The lowest BCUT2D eigenvalue weighted by atomic mass is 9.89. The van der Waals surface area contributed by atoms with Crippen LogP contribution in [0.2, 0.25) is 0 Å². The molecule has 13 heavy (non-hydrogen) atoms. The van der Waals surface area contributed by atoms with Gasteiger partial charge >= 0.3 is 0 Å². The Morgan fingerprint density at radius 2 is 1.92 bits per heavy atom. The summed E-state index contributed by atoms with van der Waals surface area (Å²) in [4.78, 5) is 10.3. The van der Waals surface area contributed by atoms with Gasteiger partial charge in [-0.05, 0) is 31.3 Å². The third kappa shape index (κ3) is 4.07. The van der Waals surface area contributed by atoms with E-state index in [-0.39, 0.29) is 0 Å². The molecule has 1 aliphatic carbocycles. The summed E-state index contributed by atoms with van der Waals surface area (Å²) in [6.07, 6.45) is 13.8. The molecule has 0 aromatic rings. The van der Waals surface area contributed by atoms with Crippen LogP contribution in [0.25, 0.3) is 0 Å². The van der Waals surface area contributed by atoms with Crippen LogP contribution in [-0.2, 0) is 4.79 Å². The average molecular weight is 178 g/mol. The quantitative estimate of drug-likeness (QED) is 0.368. The Morgan fingerprint density at radius 3 is 2.54 bits per heavy atom. The van der Waals surface area contributed by atoms with Gasteiger partial charge in [-0.2, -0.15) is 0 Å². The molecule has 0 unspecified atom stereocenters. The summed E-state index contributed by atoms with van der Waals surface area (Å²) in [6.45, 7) is 1.83. The molecule has 0 spiro atoms. The molecule has 0 atom stereocenters. The fraction of sp³-hybridized carbons (Fsp3) is 0.583. The van der Waals surface area contributed by atoms with E-state index in [4.69, 9.17) is 0 Å². The van der Waals surface area contributed by atoms with E-state index in [0.717, 1.165) is 17.8 Å². The van der Waals surface area contributed by atoms with E-state index in [1.54, 1.807) is 0 Å². The molecule has 1 fully saturated rings. The minimum Gasteiger partial charge on any atom is -0.298 e. The lowest BCUT2D eigenvalue weighted by Gasteiger charge is -2.17. The van der Waals surface area contributed by atoms with E-state index in [0.29, 0.717) is 0 Å². The van der Waals surface area contributed by atoms with Crippen molar-refractivity contribution in [3.05, 3.63) is 23.8 Å². The zero-order chi connectivity index (χ0) is 9.52. The molecule has 1 saturated carbocycles. The molecule has 0 heterocycles. The molecule has 0 aromatic carbocycles. The Balaban J connectivity index is 2.33. The van der Waals surface area contributed by atoms with Gasteiger partial charge in [-0.15, -0.1) is 0 Å². The number of hydrogen-bond acceptors (Lipinski definition) is 1. The largest absolute Gasteiger partial charge is 0.298 e. The first-order valence-corrected chi connectivity index (χ1v) is 5.13. The predicted octanol–water partition coefficient (Wildman–Crippen LogP) is 3.27. The first-order chi connectivity index (χ1) is 6.33. The zero-order valence-corrected chi connectivity index (χ0v) is 8.33. The smallest absolute Gasteiger partial charge is 0.145 e. The van der Waals surface area contributed by atoms with Crippen molar-refractivity contribution in [2.45, 2.75) is 39.0 Å². The van der Waals surface area contributed by atoms with Crippen molar-refractivity contribution >= 4 is 6.29 Å². The predicted molar refractivity (Wildman–Crippen MR) is 55.5 cm³/mol. The summed E-state index contributed by atoms with van der Waals surface area (Å²) in [7, 11) is 0. The van der Waals surface area contributed by atoms with Crippen molar-refractivity contribution < 1.29 is 4.79 Å². The van der Waals surface area contributed by atoms with E-state index >= 15 is 0 Å². The van der Waals surface area contributed by atoms with Crippen LogP contribution in [0.5, 0.6) is 0 Å². The highest BCUT2D eigenvalue weighted by atomic mass is 16.1. The van der Waals surface area contributed by atoms with Crippen molar-refractivity contribution in [1.82, 2.24) is 0 Å². The van der Waals surface area contributed by atoms with Crippen molar-refractivity contribution in [1.29, 1.82) is 0 Å². The minimum absolute atomic E-state index is 0.754. The number of rotatable bonds is 3. The van der Waals surface area contributed by atoms with Crippen LogP contribution in [0.15, 0.2) is 23.8 Å². The van der Waals surface area contributed by atoms with Gasteiger partial charge in [-0.1, -0.05) is 37.5 Å². The Morgan fingerprint density at radius 1 is 1.23 bits per heavy atom. The molecule has 1 heteroatoms. The first-order valence-electron chi connectivity index (χ1n) is 5.13. The van der Waals surface area contributed by atoms with Crippen molar-refractivity contribution in [2.24, 2.45) is 5.92 Å². The van der Waals surface area contributed by atoms with Gasteiger partial charge in [0.1, 0.15) is 6.29 Å². The molecule has 0 aromatic heterocycles. The van der Waals surface area contributed by atoms with Gasteiger partial charge in [0.05, 0.1) is 0 Å². The molecule has 0 N–H and O–H groups in total. The summed E-state index contributed by atoms with van der Waals surface area (Å²) in [5, 5.41) is 0. The van der Waals surface area contributed by atoms with Crippen LogP contribution in [0.3, 0.4) is 0 Å². The summed E-state index contributed by atoms with van der Waals surface area (Å²) in [5.41, 5.74) is 0.798. The van der Waals surface area contributed by atoms with E-state index in [9.17, 15) is 4.79 Å². The SMILES string of the molecule is C/C(C=O)=C\C=C\C1CCCCC1. The van der Waals surface area contributed by atoms with Crippen molar-refractivity contribution in [3.63, 3.8) is 0 Å². The maximum absolute atomic E-state index is 10.3. The maximum Gasteiger partial charge on any atom is 0.145 e. The molecule has 72 valence electrons. The van der Waals surface area contributed by atoms with Gasteiger partial charge in [-0.25, -0.2) is 0 Å². The van der Waals surface area contributed by atoms with Crippen LogP contribution in [0.4, 0.5) is 0 Å². The van der Waals surface area contributed by atoms with Crippen LogP contribution in [-0.4, -0.2) is 6.29 Å². The van der Waals surface area contributed by atoms with Gasteiger partial charge < -0.3 is 0 Å². The number of carbonyl (C=O) groups excluding carboxylic acids is 1. The fourth-order valence-electron chi connectivity index (χ4n) is 1.73. The lowest BCUT2D eigenvalue weighted by Crippen LogP contribution is -2.02. The number of carbonyl (C=O) groups is 1. The van der Waals surface area contributed by atoms with E-state index in [1.807, 2.05) is 19.1 Å². The highest BCUT2D eigenvalue weighted by molar-refractivity contribution is 5.72. The standard InChI is InChI=1S/C12H18O/c1-11(10-13)6-5-9-12-7-3-2-4-8-12/h5-6,9-10,12H,2-4,7-8H2,1H3/b9-5+,11-6+. The van der Waals surface area contributed by atoms with E-state index in [2.05, 4.69) is 6.08 Å². The molecule has 1 rings (SSSR count). The van der Waals surface area contributed by atoms with Gasteiger partial charge in [-0.3, -0.25) is 4.79 Å². The average Bonchev–Trinajstić information content (AvgIpc) is 2.19. The number of aldehydes is 1. The molecule has 0 bridgehead atoms. The molecule has 1 nitrogen and oxygen atoms in total. The van der Waals surface area contributed by atoms with Crippen molar-refractivity contribution in [2.75, 3.05) is 0 Å². The van der Waals surface area contributed by atoms with Crippen LogP contribution in [0.1, 0.15) is 39.0 Å². The molecule has 1 aliphatic rings. The van der Waals surface area contributed by atoms with Crippen molar-refractivity contribution in [3.8, 4) is 0 Å². The molecular formula is C12H18O. The normalized spacial score (nSPS) is 20.8. The second kappa shape index (κ2) is 5.74. The lowest BCUT2D eigenvalue weighted by molar-refractivity contribution is -0.104. The molecule has 0 saturated heterocycles. The Bertz CT molecular complexity index is 207. The minimum atomic E-state index is 0.754. The highest BCUT2D eigenvalue weighted by Crippen LogP contribution is 2.24. The molecule has 0 radical (unpaired) electrons. The number of hydrogen-bond donors (Lipinski definition) is 0. The van der Waals surface area contributed by atoms with Gasteiger partial charge in [0.2, 0.25) is 0 Å². The Hall–Kier alpha value is -0.850. The third-order valence-electron chi connectivity index (χ3n) is 2.58. The van der Waals surface area contributed by atoms with Gasteiger partial charge in [0.15, 0.2) is 0 Å². The van der Waals surface area contributed by atoms with Crippen LogP contribution < -0.4 is 0 Å². The Labute approximate surface area is 80.5 Å². The summed E-state index contributed by atoms with van der Waals surface area (Å²) >= 11 is 0. The Kier molecular flexibility index (Phi) is 4.52. The summed E-state index contributed by atoms with van der Waals surface area (Å²) < 4.78 is 0. The van der Waals surface area contributed by atoms with E-state index in [1.165, 1.54) is 32.1 Å². The van der Waals surface area contributed by atoms with Gasteiger partial charge in [0, 0.05) is 0 Å². The second-order valence-electron chi connectivity index (χ2n) is 3.81. The highest BCUT2D eigenvalue weighted by Gasteiger charge is 2.08. The van der Waals surface area contributed by atoms with Crippen LogP contribution in [0, 0.1) is 5.92 Å². The summed E-state index contributed by atoms with van der Waals surface area (Å²) in [5.74, 6) is 0.754. The zero-order valence-electron chi connectivity index (χ0n) is 8.33. The second-order valence-corrected chi connectivity index (χ2v) is 3.81.